The summed E-state index contributed by atoms with van der Waals surface area (Å²) < 4.78 is 11.3. The topological polar surface area (TPSA) is 80.8 Å². The van der Waals surface area contributed by atoms with Gasteiger partial charge in [-0.25, -0.2) is 4.98 Å². The molecule has 0 unspecified atom stereocenters. The third-order valence-electron chi connectivity index (χ3n) is 6.75. The molecule has 6 rings (SSSR count). The van der Waals surface area contributed by atoms with E-state index in [1.807, 2.05) is 11.0 Å². The molecule has 8 heteroatoms. The van der Waals surface area contributed by atoms with Crippen molar-refractivity contribution in [1.29, 1.82) is 0 Å². The van der Waals surface area contributed by atoms with Crippen molar-refractivity contribution in [3.63, 3.8) is 0 Å². The van der Waals surface area contributed by atoms with Crippen LogP contribution < -0.4 is 14.8 Å². The van der Waals surface area contributed by atoms with E-state index >= 15 is 0 Å². The van der Waals surface area contributed by atoms with Crippen molar-refractivity contribution in [2.24, 2.45) is 0 Å². The van der Waals surface area contributed by atoms with Crippen LogP contribution in [0.1, 0.15) is 63.0 Å². The maximum Gasteiger partial charge on any atom is 0.274 e. The summed E-state index contributed by atoms with van der Waals surface area (Å²) in [5.41, 5.74) is 3.20. The fraction of sp³-hybridized carbons (Fsp3) is 0.393. The normalized spacial score (nSPS) is 16.5. The molecule has 2 fully saturated rings. The third kappa shape index (κ3) is 4.69. The van der Waals surface area contributed by atoms with Gasteiger partial charge in [-0.05, 0) is 50.3 Å². The van der Waals surface area contributed by atoms with Crippen molar-refractivity contribution in [1.82, 2.24) is 15.2 Å². The summed E-state index contributed by atoms with van der Waals surface area (Å²) in [7, 11) is 0. The highest BCUT2D eigenvalue weighted by Crippen LogP contribution is 2.45. The Labute approximate surface area is 214 Å². The zero-order chi connectivity index (χ0) is 24.6. The van der Waals surface area contributed by atoms with E-state index in [2.05, 4.69) is 30.4 Å². The maximum atomic E-state index is 13.8. The number of hydrogen-bond acceptors (Lipinski definition) is 6. The van der Waals surface area contributed by atoms with Crippen LogP contribution in [0.5, 0.6) is 11.5 Å². The molecule has 36 heavy (non-hydrogen) atoms. The summed E-state index contributed by atoms with van der Waals surface area (Å²) in [5.74, 6) is 1.28. The lowest BCUT2D eigenvalue weighted by Crippen LogP contribution is -2.40. The van der Waals surface area contributed by atoms with E-state index in [1.54, 1.807) is 29.5 Å². The van der Waals surface area contributed by atoms with Crippen LogP contribution in [0.3, 0.4) is 0 Å². The Morgan fingerprint density at radius 1 is 1.08 bits per heavy atom. The van der Waals surface area contributed by atoms with Gasteiger partial charge in [0.2, 0.25) is 0 Å². The number of para-hydroxylation sites is 1. The van der Waals surface area contributed by atoms with Gasteiger partial charge in [-0.3, -0.25) is 9.59 Å². The summed E-state index contributed by atoms with van der Waals surface area (Å²) in [6.07, 6.45) is 4.25. The number of ether oxygens (including phenoxy) is 2. The first-order chi connectivity index (χ1) is 17.6. The molecule has 0 bridgehead atoms. The van der Waals surface area contributed by atoms with Crippen LogP contribution in [0.25, 0.3) is 10.4 Å². The zero-order valence-electron chi connectivity index (χ0n) is 20.3. The molecular formula is C28H29N3O4S. The Balaban J connectivity index is 1.19. The van der Waals surface area contributed by atoms with Crippen LogP contribution in [0.2, 0.25) is 0 Å². The maximum absolute atomic E-state index is 13.8. The first kappa shape index (κ1) is 23.0. The van der Waals surface area contributed by atoms with Gasteiger partial charge in [0.25, 0.3) is 11.8 Å². The lowest BCUT2D eigenvalue weighted by Gasteiger charge is -2.23. The molecule has 0 saturated heterocycles. The third-order valence-corrected chi connectivity index (χ3v) is 8.02. The second-order valence-corrected chi connectivity index (χ2v) is 10.7. The first-order valence-electron chi connectivity index (χ1n) is 12.6. The number of nitrogens with one attached hydrogen (secondary N) is 1. The van der Waals surface area contributed by atoms with Crippen molar-refractivity contribution in [3.05, 3.63) is 64.3 Å². The number of thiazole rings is 1. The number of amides is 2. The molecule has 1 N–H and O–H groups in total. The predicted octanol–water partition coefficient (Wildman–Crippen LogP) is 4.80. The molecule has 3 aliphatic rings. The standard InChI is InChI=1S/C28H29N3O4S/c1-17-4-2-5-19(16-17)25-23(30-27(36-25)18-8-9-18)28(33)31(20-10-11-20)13-12-29-26(32)21-6-3-7-22-24(21)35-15-14-34-22/h2-7,16,18,20H,8-15H2,1H3,(H,29,32). The zero-order valence-corrected chi connectivity index (χ0v) is 21.1. The second kappa shape index (κ2) is 9.58. The average Bonchev–Trinajstić information content (AvgIpc) is 3.84. The van der Waals surface area contributed by atoms with E-state index in [0.29, 0.717) is 55.0 Å². The molecule has 7 nitrogen and oxygen atoms in total. The Morgan fingerprint density at radius 3 is 2.67 bits per heavy atom. The van der Waals surface area contributed by atoms with E-state index < -0.39 is 0 Å². The molecule has 2 heterocycles. The number of rotatable bonds is 8. The largest absolute Gasteiger partial charge is 0.486 e. The van der Waals surface area contributed by atoms with E-state index in [9.17, 15) is 9.59 Å². The van der Waals surface area contributed by atoms with E-state index in [0.717, 1.165) is 46.7 Å². The number of nitrogens with zero attached hydrogens (tertiary/aromatic N) is 2. The lowest BCUT2D eigenvalue weighted by atomic mass is 10.1. The van der Waals surface area contributed by atoms with E-state index in [-0.39, 0.29) is 17.9 Å². The minimum Gasteiger partial charge on any atom is -0.486 e. The highest BCUT2D eigenvalue weighted by Gasteiger charge is 2.37. The molecule has 0 atom stereocenters. The first-order valence-corrected chi connectivity index (χ1v) is 13.5. The van der Waals surface area contributed by atoms with Crippen LogP contribution in [0.4, 0.5) is 0 Å². The minimum absolute atomic E-state index is 0.0415. The van der Waals surface area contributed by atoms with Crippen molar-refractivity contribution >= 4 is 23.2 Å². The van der Waals surface area contributed by atoms with Crippen LogP contribution in [-0.2, 0) is 0 Å². The van der Waals surface area contributed by atoms with E-state index in [1.165, 1.54) is 0 Å². The summed E-state index contributed by atoms with van der Waals surface area (Å²) >= 11 is 1.65. The van der Waals surface area contributed by atoms with Gasteiger partial charge in [-0.15, -0.1) is 11.3 Å². The number of benzene rings is 2. The SMILES string of the molecule is Cc1cccc(-c2sc(C3CC3)nc2C(=O)N(CCNC(=O)c2cccc3c2OCCO3)C2CC2)c1. The summed E-state index contributed by atoms with van der Waals surface area (Å²) in [6, 6.07) is 13.8. The fourth-order valence-electron chi connectivity index (χ4n) is 4.58. The van der Waals surface area contributed by atoms with Crippen LogP contribution in [0, 0.1) is 6.92 Å². The molecule has 3 aromatic rings. The Bertz CT molecular complexity index is 1310. The van der Waals surface area contributed by atoms with Gasteiger partial charge < -0.3 is 19.7 Å². The summed E-state index contributed by atoms with van der Waals surface area (Å²) in [6.45, 7) is 3.74. The van der Waals surface area contributed by atoms with Crippen molar-refractivity contribution in [2.75, 3.05) is 26.3 Å². The molecular weight excluding hydrogens is 474 g/mol. The molecule has 2 aliphatic carbocycles. The van der Waals surface area contributed by atoms with Crippen molar-refractivity contribution < 1.29 is 19.1 Å². The number of aromatic nitrogens is 1. The Hall–Kier alpha value is -3.39. The molecule has 1 aromatic heterocycles. The van der Waals surface area contributed by atoms with E-state index in [4.69, 9.17) is 14.5 Å². The molecule has 186 valence electrons. The number of fused-ring (bicyclic) bond motifs is 1. The van der Waals surface area contributed by atoms with Gasteiger partial charge in [-0.2, -0.15) is 0 Å². The van der Waals surface area contributed by atoms with Gasteiger partial charge in [-0.1, -0.05) is 35.9 Å². The van der Waals surface area contributed by atoms with Gasteiger partial charge in [0.1, 0.15) is 18.9 Å². The minimum atomic E-state index is -0.231. The number of carbonyl (C=O) groups is 2. The van der Waals surface area contributed by atoms with Crippen molar-refractivity contribution in [2.45, 2.75) is 44.6 Å². The number of hydrogen-bond donors (Lipinski definition) is 1. The fourth-order valence-corrected chi connectivity index (χ4v) is 5.80. The van der Waals surface area contributed by atoms with Crippen molar-refractivity contribution in [3.8, 4) is 21.9 Å². The molecule has 1 aliphatic heterocycles. The van der Waals surface area contributed by atoms with Crippen LogP contribution in [-0.4, -0.2) is 54.0 Å². The quantitative estimate of drug-likeness (QED) is 0.478. The van der Waals surface area contributed by atoms with Crippen LogP contribution in [0.15, 0.2) is 42.5 Å². The smallest absolute Gasteiger partial charge is 0.274 e. The molecule has 2 aromatic carbocycles. The average molecular weight is 504 g/mol. The predicted molar refractivity (Wildman–Crippen MR) is 138 cm³/mol. The molecule has 0 radical (unpaired) electrons. The lowest BCUT2D eigenvalue weighted by molar-refractivity contribution is 0.0731. The summed E-state index contributed by atoms with van der Waals surface area (Å²) in [5, 5.41) is 4.03. The Kier molecular flexibility index (Phi) is 6.13. The van der Waals surface area contributed by atoms with Gasteiger partial charge >= 0.3 is 0 Å². The monoisotopic (exact) mass is 503 g/mol. The van der Waals surface area contributed by atoms with Gasteiger partial charge in [0.05, 0.1) is 15.4 Å². The second-order valence-electron chi connectivity index (χ2n) is 9.69. The Morgan fingerprint density at radius 2 is 1.89 bits per heavy atom. The van der Waals surface area contributed by atoms with Crippen LogP contribution >= 0.6 is 11.3 Å². The highest BCUT2D eigenvalue weighted by atomic mass is 32.1. The molecule has 2 amide bonds. The number of aryl methyl sites for hydroxylation is 1. The summed E-state index contributed by atoms with van der Waals surface area (Å²) in [4.78, 5) is 34.4. The molecule has 0 spiro atoms. The van der Waals surface area contributed by atoms with Gasteiger partial charge in [0, 0.05) is 25.0 Å². The number of carbonyl (C=O) groups excluding carboxylic acids is 2. The molecule has 2 saturated carbocycles. The van der Waals surface area contributed by atoms with Gasteiger partial charge in [0.15, 0.2) is 11.5 Å². The highest BCUT2D eigenvalue weighted by molar-refractivity contribution is 7.15.